The first-order valence-electron chi connectivity index (χ1n) is 9.19. The molecule has 0 saturated carbocycles. The number of para-hydroxylation sites is 2. The fourth-order valence-corrected chi connectivity index (χ4v) is 3.88. The largest absolute Gasteiger partial charge is 0.457 e. The quantitative estimate of drug-likeness (QED) is 0.886. The number of ether oxygens (including phenoxy) is 1. The topological polar surface area (TPSA) is 24.5 Å². The summed E-state index contributed by atoms with van der Waals surface area (Å²) >= 11 is 0. The van der Waals surface area contributed by atoms with E-state index in [2.05, 4.69) is 53.5 Å². The number of hydrogen-bond donors (Lipinski definition) is 1. The molecule has 2 aromatic carbocycles. The predicted octanol–water partition coefficient (Wildman–Crippen LogP) is 4.35. The molecule has 2 aliphatic heterocycles. The maximum atomic E-state index is 6.10. The van der Waals surface area contributed by atoms with Crippen LogP contribution in [0.15, 0.2) is 48.5 Å². The second kappa shape index (κ2) is 6.96. The molecule has 3 heteroatoms. The van der Waals surface area contributed by atoms with Gasteiger partial charge in [0.15, 0.2) is 0 Å². The average molecular weight is 322 g/mol. The summed E-state index contributed by atoms with van der Waals surface area (Å²) in [4.78, 5) is 2.60. The van der Waals surface area contributed by atoms with Crippen molar-refractivity contribution in [2.75, 3.05) is 19.6 Å². The van der Waals surface area contributed by atoms with Crippen molar-refractivity contribution in [1.29, 1.82) is 0 Å². The SMILES string of the molecule is CCCCN1CCC(NC2c3ccccc3Oc3ccccc32)C1. The molecule has 0 bridgehead atoms. The summed E-state index contributed by atoms with van der Waals surface area (Å²) in [5.74, 6) is 1.96. The molecule has 0 aliphatic carbocycles. The summed E-state index contributed by atoms with van der Waals surface area (Å²) in [5, 5.41) is 3.91. The van der Waals surface area contributed by atoms with Gasteiger partial charge in [-0.3, -0.25) is 0 Å². The predicted molar refractivity (Wildman–Crippen MR) is 97.7 cm³/mol. The van der Waals surface area contributed by atoms with Crippen molar-refractivity contribution in [2.45, 2.75) is 38.3 Å². The molecule has 1 saturated heterocycles. The molecule has 126 valence electrons. The van der Waals surface area contributed by atoms with Gasteiger partial charge < -0.3 is 15.0 Å². The lowest BCUT2D eigenvalue weighted by Crippen LogP contribution is -2.37. The summed E-state index contributed by atoms with van der Waals surface area (Å²) in [6.07, 6.45) is 3.80. The Morgan fingerprint density at radius 2 is 1.71 bits per heavy atom. The van der Waals surface area contributed by atoms with Crippen LogP contribution in [0.5, 0.6) is 11.5 Å². The van der Waals surface area contributed by atoms with E-state index in [0.717, 1.165) is 18.0 Å². The molecule has 0 spiro atoms. The molecule has 0 radical (unpaired) electrons. The number of nitrogens with zero attached hydrogens (tertiary/aromatic N) is 1. The molecular weight excluding hydrogens is 296 g/mol. The Morgan fingerprint density at radius 3 is 2.38 bits per heavy atom. The molecule has 3 nitrogen and oxygen atoms in total. The fraction of sp³-hybridized carbons (Fsp3) is 0.429. The highest BCUT2D eigenvalue weighted by atomic mass is 16.5. The Hall–Kier alpha value is -1.84. The molecule has 2 aliphatic rings. The van der Waals surface area contributed by atoms with Crippen molar-refractivity contribution in [2.24, 2.45) is 0 Å². The van der Waals surface area contributed by atoms with E-state index in [4.69, 9.17) is 4.74 Å². The van der Waals surface area contributed by atoms with Gasteiger partial charge in [-0.25, -0.2) is 0 Å². The number of unbranched alkanes of at least 4 members (excludes halogenated alkanes) is 1. The van der Waals surface area contributed by atoms with Crippen LogP contribution >= 0.6 is 0 Å². The second-order valence-electron chi connectivity index (χ2n) is 6.92. The molecule has 2 aromatic rings. The molecule has 0 amide bonds. The maximum absolute atomic E-state index is 6.10. The number of benzene rings is 2. The lowest BCUT2D eigenvalue weighted by Gasteiger charge is -2.31. The fourth-order valence-electron chi connectivity index (χ4n) is 3.88. The molecule has 2 heterocycles. The summed E-state index contributed by atoms with van der Waals surface area (Å²) in [6, 6.07) is 17.6. The Kier molecular flexibility index (Phi) is 4.54. The normalized spacial score (nSPS) is 20.5. The molecule has 1 atom stereocenters. The minimum atomic E-state index is 0.224. The zero-order valence-electron chi connectivity index (χ0n) is 14.4. The number of hydrogen-bond acceptors (Lipinski definition) is 3. The van der Waals surface area contributed by atoms with E-state index in [-0.39, 0.29) is 6.04 Å². The lowest BCUT2D eigenvalue weighted by molar-refractivity contribution is 0.317. The second-order valence-corrected chi connectivity index (χ2v) is 6.92. The highest BCUT2D eigenvalue weighted by Gasteiger charge is 2.31. The van der Waals surface area contributed by atoms with Gasteiger partial charge in [-0.1, -0.05) is 49.7 Å². The van der Waals surface area contributed by atoms with Crippen LogP contribution in [0.25, 0.3) is 0 Å². The van der Waals surface area contributed by atoms with Crippen molar-refractivity contribution in [3.8, 4) is 11.5 Å². The lowest BCUT2D eigenvalue weighted by atomic mass is 9.94. The van der Waals surface area contributed by atoms with Crippen LogP contribution in [-0.4, -0.2) is 30.6 Å². The van der Waals surface area contributed by atoms with Gasteiger partial charge in [0.1, 0.15) is 11.5 Å². The third-order valence-corrected chi connectivity index (χ3v) is 5.18. The van der Waals surface area contributed by atoms with Crippen molar-refractivity contribution < 1.29 is 4.74 Å². The zero-order chi connectivity index (χ0) is 16.4. The van der Waals surface area contributed by atoms with Crippen molar-refractivity contribution in [3.05, 3.63) is 59.7 Å². The van der Waals surface area contributed by atoms with Crippen LogP contribution in [0.3, 0.4) is 0 Å². The van der Waals surface area contributed by atoms with E-state index >= 15 is 0 Å². The van der Waals surface area contributed by atoms with Crippen LogP contribution in [0.2, 0.25) is 0 Å². The third-order valence-electron chi connectivity index (χ3n) is 5.18. The van der Waals surface area contributed by atoms with Crippen LogP contribution in [0.1, 0.15) is 43.4 Å². The van der Waals surface area contributed by atoms with E-state index in [1.165, 1.54) is 43.5 Å². The summed E-state index contributed by atoms with van der Waals surface area (Å²) < 4.78 is 6.10. The molecule has 24 heavy (non-hydrogen) atoms. The van der Waals surface area contributed by atoms with Crippen LogP contribution in [0.4, 0.5) is 0 Å². The van der Waals surface area contributed by atoms with Gasteiger partial charge in [-0.05, 0) is 38.1 Å². The molecule has 1 N–H and O–H groups in total. The summed E-state index contributed by atoms with van der Waals surface area (Å²) in [7, 11) is 0. The van der Waals surface area contributed by atoms with Gasteiger partial charge in [-0.15, -0.1) is 0 Å². The minimum absolute atomic E-state index is 0.224. The number of nitrogens with one attached hydrogen (secondary N) is 1. The zero-order valence-corrected chi connectivity index (χ0v) is 14.4. The van der Waals surface area contributed by atoms with Crippen LogP contribution in [0, 0.1) is 0 Å². The van der Waals surface area contributed by atoms with E-state index < -0.39 is 0 Å². The Bertz CT molecular complexity index is 654. The highest BCUT2D eigenvalue weighted by molar-refractivity contribution is 5.52. The molecule has 4 rings (SSSR count). The molecule has 1 fully saturated rings. The number of fused-ring (bicyclic) bond motifs is 2. The van der Waals surface area contributed by atoms with E-state index in [1.807, 2.05) is 12.1 Å². The monoisotopic (exact) mass is 322 g/mol. The highest BCUT2D eigenvalue weighted by Crippen LogP contribution is 2.42. The van der Waals surface area contributed by atoms with Crippen LogP contribution in [-0.2, 0) is 0 Å². The van der Waals surface area contributed by atoms with Gasteiger partial charge in [0.25, 0.3) is 0 Å². The van der Waals surface area contributed by atoms with Crippen molar-refractivity contribution >= 4 is 0 Å². The molecule has 1 unspecified atom stereocenters. The standard InChI is InChI=1S/C21H26N2O/c1-2-3-13-23-14-12-16(15-23)22-21-17-8-4-6-10-19(17)24-20-11-7-5-9-18(20)21/h4-11,16,21-22H,2-3,12-15H2,1H3. The van der Waals surface area contributed by atoms with Crippen molar-refractivity contribution in [1.82, 2.24) is 10.2 Å². The molecular formula is C21H26N2O. The Balaban J connectivity index is 1.55. The maximum Gasteiger partial charge on any atom is 0.132 e. The van der Waals surface area contributed by atoms with E-state index in [1.54, 1.807) is 0 Å². The van der Waals surface area contributed by atoms with Crippen molar-refractivity contribution in [3.63, 3.8) is 0 Å². The van der Waals surface area contributed by atoms with E-state index in [9.17, 15) is 0 Å². The Morgan fingerprint density at radius 1 is 1.04 bits per heavy atom. The van der Waals surface area contributed by atoms with Gasteiger partial charge in [0, 0.05) is 23.7 Å². The third kappa shape index (κ3) is 3.06. The first-order chi connectivity index (χ1) is 11.8. The minimum Gasteiger partial charge on any atom is -0.457 e. The smallest absolute Gasteiger partial charge is 0.132 e. The van der Waals surface area contributed by atoms with Gasteiger partial charge in [-0.2, -0.15) is 0 Å². The Labute approximate surface area is 144 Å². The van der Waals surface area contributed by atoms with Gasteiger partial charge in [0.05, 0.1) is 6.04 Å². The number of likely N-dealkylation sites (tertiary alicyclic amines) is 1. The van der Waals surface area contributed by atoms with E-state index in [0.29, 0.717) is 6.04 Å². The number of rotatable bonds is 5. The van der Waals surface area contributed by atoms with Gasteiger partial charge in [0.2, 0.25) is 0 Å². The summed E-state index contributed by atoms with van der Waals surface area (Å²) in [5.41, 5.74) is 2.51. The van der Waals surface area contributed by atoms with Crippen LogP contribution < -0.4 is 10.1 Å². The molecule has 0 aromatic heterocycles. The average Bonchev–Trinajstić information content (AvgIpc) is 3.07. The summed E-state index contributed by atoms with van der Waals surface area (Å²) in [6.45, 7) is 5.86. The first-order valence-corrected chi connectivity index (χ1v) is 9.19. The van der Waals surface area contributed by atoms with Gasteiger partial charge >= 0.3 is 0 Å². The first kappa shape index (κ1) is 15.7.